The summed E-state index contributed by atoms with van der Waals surface area (Å²) in [5, 5.41) is 4.80. The normalized spacial score (nSPS) is 11.4. The van der Waals surface area contributed by atoms with E-state index in [1.54, 1.807) is 10.7 Å². The molecule has 3 rings (SSSR count). The fraction of sp³-hybridized carbons (Fsp3) is 0. The molecule has 0 spiro atoms. The molecule has 2 N–H and O–H groups in total. The number of benzene rings is 1. The molecule has 2 heterocycles. The summed E-state index contributed by atoms with van der Waals surface area (Å²) in [6.45, 7) is 0. The third-order valence-corrected chi connectivity index (χ3v) is 2.85. The Morgan fingerprint density at radius 1 is 1.11 bits per heavy atom. The van der Waals surface area contributed by atoms with Crippen LogP contribution in [0.15, 0.2) is 36.5 Å². The van der Waals surface area contributed by atoms with Crippen LogP contribution in [0.25, 0.3) is 17.9 Å². The van der Waals surface area contributed by atoms with Crippen LogP contribution in [-0.4, -0.2) is 19.6 Å². The molecule has 0 saturated carbocycles. The van der Waals surface area contributed by atoms with Crippen molar-refractivity contribution >= 4 is 35.5 Å². The molecule has 0 saturated heterocycles. The van der Waals surface area contributed by atoms with E-state index in [1.807, 2.05) is 42.5 Å². The fourth-order valence-corrected chi connectivity index (χ4v) is 1.83. The third-order valence-electron chi connectivity index (χ3n) is 2.60. The maximum Gasteiger partial charge on any atom is 0.254 e. The summed E-state index contributed by atoms with van der Waals surface area (Å²) in [4.78, 5) is 8.09. The topological polar surface area (TPSA) is 69.1 Å². The van der Waals surface area contributed by atoms with Crippen molar-refractivity contribution in [2.45, 2.75) is 0 Å². The third kappa shape index (κ3) is 2.41. The second-order valence-corrected chi connectivity index (χ2v) is 4.37. The van der Waals surface area contributed by atoms with Crippen LogP contribution in [0.4, 0.5) is 5.95 Å². The summed E-state index contributed by atoms with van der Waals surface area (Å²) in [5.74, 6) is 0.690. The van der Waals surface area contributed by atoms with Crippen LogP contribution in [-0.2, 0) is 0 Å². The standard InChI is InChI=1S/C13H10ClN5/c14-10-4-1-9(2-5-10)3-6-11-7-8-16-13-17-12(15)18-19(11)13/h1-8H,(H2,15,18)/b6-3+. The number of aromatic nitrogens is 4. The van der Waals surface area contributed by atoms with Crippen LogP contribution in [0.3, 0.4) is 0 Å². The van der Waals surface area contributed by atoms with E-state index in [-0.39, 0.29) is 5.95 Å². The van der Waals surface area contributed by atoms with Crippen molar-refractivity contribution in [2.24, 2.45) is 0 Å². The Kier molecular flexibility index (Phi) is 2.89. The molecular formula is C13H10ClN5. The maximum atomic E-state index is 5.84. The van der Waals surface area contributed by atoms with E-state index in [4.69, 9.17) is 17.3 Å². The zero-order valence-electron chi connectivity index (χ0n) is 9.86. The molecule has 0 aliphatic carbocycles. The monoisotopic (exact) mass is 271 g/mol. The maximum absolute atomic E-state index is 5.84. The number of nitrogens with zero attached hydrogens (tertiary/aromatic N) is 4. The second kappa shape index (κ2) is 4.70. The molecule has 0 radical (unpaired) electrons. The minimum absolute atomic E-state index is 0.208. The van der Waals surface area contributed by atoms with Gasteiger partial charge in [-0.05, 0) is 29.8 Å². The fourth-order valence-electron chi connectivity index (χ4n) is 1.71. The SMILES string of the molecule is Nc1nc2nccc(/C=C/c3ccc(Cl)cc3)n2n1. The highest BCUT2D eigenvalue weighted by Gasteiger charge is 2.03. The van der Waals surface area contributed by atoms with Crippen LogP contribution < -0.4 is 5.73 Å². The van der Waals surface area contributed by atoms with E-state index >= 15 is 0 Å². The highest BCUT2D eigenvalue weighted by Crippen LogP contribution is 2.13. The van der Waals surface area contributed by atoms with Gasteiger partial charge in [0.25, 0.3) is 5.78 Å². The quantitative estimate of drug-likeness (QED) is 0.778. The van der Waals surface area contributed by atoms with E-state index in [0.29, 0.717) is 10.8 Å². The Labute approximate surface area is 114 Å². The van der Waals surface area contributed by atoms with Crippen LogP contribution in [0.5, 0.6) is 0 Å². The summed E-state index contributed by atoms with van der Waals surface area (Å²) in [6, 6.07) is 9.40. The number of hydrogen-bond donors (Lipinski definition) is 1. The summed E-state index contributed by atoms with van der Waals surface area (Å²) in [6.07, 6.45) is 5.56. The Morgan fingerprint density at radius 3 is 2.68 bits per heavy atom. The highest BCUT2D eigenvalue weighted by atomic mass is 35.5. The van der Waals surface area contributed by atoms with Gasteiger partial charge in [-0.25, -0.2) is 4.98 Å². The lowest BCUT2D eigenvalue weighted by Gasteiger charge is -1.97. The number of rotatable bonds is 2. The lowest BCUT2D eigenvalue weighted by atomic mass is 10.2. The van der Waals surface area contributed by atoms with Crippen LogP contribution >= 0.6 is 11.6 Å². The molecular weight excluding hydrogens is 262 g/mol. The average Bonchev–Trinajstić information content (AvgIpc) is 2.79. The first-order valence-corrected chi connectivity index (χ1v) is 6.01. The van der Waals surface area contributed by atoms with Gasteiger partial charge in [0.2, 0.25) is 5.95 Å². The van der Waals surface area contributed by atoms with E-state index in [1.165, 1.54) is 0 Å². The van der Waals surface area contributed by atoms with Crippen molar-refractivity contribution in [1.29, 1.82) is 0 Å². The summed E-state index contributed by atoms with van der Waals surface area (Å²) in [5.41, 5.74) is 7.46. The van der Waals surface area contributed by atoms with Crippen LogP contribution in [0.2, 0.25) is 5.02 Å². The van der Waals surface area contributed by atoms with Gasteiger partial charge >= 0.3 is 0 Å². The van der Waals surface area contributed by atoms with E-state index in [0.717, 1.165) is 11.3 Å². The van der Waals surface area contributed by atoms with Crippen molar-refractivity contribution in [2.75, 3.05) is 5.73 Å². The molecule has 0 unspecified atom stereocenters. The van der Waals surface area contributed by atoms with Gasteiger partial charge in [0.05, 0.1) is 5.69 Å². The lowest BCUT2D eigenvalue weighted by molar-refractivity contribution is 0.932. The molecule has 6 heteroatoms. The van der Waals surface area contributed by atoms with Crippen molar-refractivity contribution < 1.29 is 0 Å². The molecule has 0 aliphatic heterocycles. The molecule has 0 aliphatic rings. The van der Waals surface area contributed by atoms with Gasteiger partial charge in [-0.1, -0.05) is 29.8 Å². The van der Waals surface area contributed by atoms with Gasteiger partial charge in [-0.2, -0.15) is 9.50 Å². The highest BCUT2D eigenvalue weighted by molar-refractivity contribution is 6.30. The average molecular weight is 272 g/mol. The Balaban J connectivity index is 1.98. The van der Waals surface area contributed by atoms with E-state index in [9.17, 15) is 0 Å². The Morgan fingerprint density at radius 2 is 1.89 bits per heavy atom. The zero-order chi connectivity index (χ0) is 13.2. The summed E-state index contributed by atoms with van der Waals surface area (Å²) >= 11 is 5.84. The number of nitrogens with two attached hydrogens (primary N) is 1. The summed E-state index contributed by atoms with van der Waals surface area (Å²) < 4.78 is 1.60. The molecule has 0 amide bonds. The molecule has 0 fully saturated rings. The predicted molar refractivity (Wildman–Crippen MR) is 75.6 cm³/mol. The summed E-state index contributed by atoms with van der Waals surface area (Å²) in [7, 11) is 0. The molecule has 3 aromatic rings. The lowest BCUT2D eigenvalue weighted by Crippen LogP contribution is -1.95. The first kappa shape index (κ1) is 11.7. The molecule has 19 heavy (non-hydrogen) atoms. The molecule has 1 aromatic carbocycles. The molecule has 0 bridgehead atoms. The van der Waals surface area contributed by atoms with Crippen molar-refractivity contribution in [3.05, 3.63) is 52.8 Å². The van der Waals surface area contributed by atoms with Gasteiger partial charge in [0.1, 0.15) is 0 Å². The molecule has 2 aromatic heterocycles. The first-order valence-electron chi connectivity index (χ1n) is 5.63. The second-order valence-electron chi connectivity index (χ2n) is 3.94. The number of halogens is 1. The molecule has 5 nitrogen and oxygen atoms in total. The van der Waals surface area contributed by atoms with Crippen LogP contribution in [0, 0.1) is 0 Å². The number of hydrogen-bond acceptors (Lipinski definition) is 4. The van der Waals surface area contributed by atoms with Gasteiger partial charge in [0.15, 0.2) is 0 Å². The van der Waals surface area contributed by atoms with Gasteiger partial charge < -0.3 is 5.73 Å². The number of nitrogen functional groups attached to an aromatic ring is 1. The van der Waals surface area contributed by atoms with Crippen LogP contribution in [0.1, 0.15) is 11.3 Å². The number of anilines is 1. The molecule has 0 atom stereocenters. The minimum atomic E-state index is 0.208. The van der Waals surface area contributed by atoms with Gasteiger partial charge in [0, 0.05) is 11.2 Å². The smallest absolute Gasteiger partial charge is 0.254 e. The number of fused-ring (bicyclic) bond motifs is 1. The Hall–Kier alpha value is -2.40. The van der Waals surface area contributed by atoms with Crippen molar-refractivity contribution in [3.8, 4) is 0 Å². The van der Waals surface area contributed by atoms with E-state index < -0.39 is 0 Å². The predicted octanol–water partition coefficient (Wildman–Crippen LogP) is 2.53. The largest absolute Gasteiger partial charge is 0.366 e. The van der Waals surface area contributed by atoms with E-state index in [2.05, 4.69) is 15.1 Å². The van der Waals surface area contributed by atoms with Crippen molar-refractivity contribution in [3.63, 3.8) is 0 Å². The van der Waals surface area contributed by atoms with Gasteiger partial charge in [-0.3, -0.25) is 0 Å². The zero-order valence-corrected chi connectivity index (χ0v) is 10.6. The van der Waals surface area contributed by atoms with Gasteiger partial charge in [-0.15, -0.1) is 5.10 Å². The van der Waals surface area contributed by atoms with Crippen molar-refractivity contribution in [1.82, 2.24) is 19.6 Å². The minimum Gasteiger partial charge on any atom is -0.366 e. The first-order chi connectivity index (χ1) is 9.22. The molecule has 94 valence electrons. The Bertz CT molecular complexity index is 745.